The van der Waals surface area contributed by atoms with Crippen molar-refractivity contribution in [3.63, 3.8) is 0 Å². The number of cyclic esters (lactones) is 1. The van der Waals surface area contributed by atoms with E-state index in [2.05, 4.69) is 16.0 Å². The Morgan fingerprint density at radius 3 is 1.64 bits per heavy atom. The summed E-state index contributed by atoms with van der Waals surface area (Å²) in [7, 11) is 5.92. The maximum atomic E-state index is 14.7. The molecule has 0 radical (unpaired) electrons. The standard InChI is InChI=1S/C51H90N8O10/c1-20-32(13)41-51(68)69-42(31(11)12)50(67)55(16)34(15)46(63)56(17)38(26-28(5)6)48(65)57(18)40(30(9)10)49(66)59-24-22-23-37(59)44(61)54-39(29(7)8)45(62)52-35(21-2)33(14)43(60)53-36(25-27(3)4)47(64)58(41)19/h27-42H,20-26H2,1-19H3,(H,52,62)(H,53,60)(H,54,61)/t32-,33-,34-,35+,36-,37-,38-,39-,40-,41-,42+/m0/s1. The van der Waals surface area contributed by atoms with E-state index in [1.165, 1.54) is 59.6 Å². The average molecular weight is 975 g/mol. The van der Waals surface area contributed by atoms with E-state index in [0.29, 0.717) is 25.7 Å². The molecule has 18 heteroatoms. The molecule has 0 aromatic heterocycles. The van der Waals surface area contributed by atoms with E-state index < -0.39 is 137 Å². The first kappa shape index (κ1) is 60.4. The molecule has 69 heavy (non-hydrogen) atoms. The van der Waals surface area contributed by atoms with Crippen LogP contribution in [0.15, 0.2) is 0 Å². The van der Waals surface area contributed by atoms with Gasteiger partial charge in [0.1, 0.15) is 42.3 Å². The van der Waals surface area contributed by atoms with Gasteiger partial charge in [-0.3, -0.25) is 38.4 Å². The Morgan fingerprint density at radius 2 is 1.14 bits per heavy atom. The molecule has 0 aliphatic carbocycles. The number of carbonyl (C=O) groups is 9. The fourth-order valence-electron chi connectivity index (χ4n) is 9.48. The monoisotopic (exact) mass is 975 g/mol. The van der Waals surface area contributed by atoms with Crippen molar-refractivity contribution < 1.29 is 47.9 Å². The molecule has 2 aliphatic rings. The van der Waals surface area contributed by atoms with E-state index in [0.717, 1.165) is 0 Å². The van der Waals surface area contributed by atoms with Crippen LogP contribution in [0.25, 0.3) is 0 Å². The lowest BCUT2D eigenvalue weighted by molar-refractivity contribution is -0.172. The molecular formula is C51H90N8O10. The number of ether oxygens (including phenoxy) is 1. The molecule has 2 fully saturated rings. The predicted molar refractivity (Wildman–Crippen MR) is 265 cm³/mol. The molecular weight excluding hydrogens is 885 g/mol. The number of likely N-dealkylation sites (N-methyl/N-ethyl adjacent to an activating group) is 4. The van der Waals surface area contributed by atoms with Gasteiger partial charge in [-0.2, -0.15) is 0 Å². The van der Waals surface area contributed by atoms with Gasteiger partial charge in [0.2, 0.25) is 41.4 Å². The number of rotatable bonds is 10. The molecule has 8 amide bonds. The van der Waals surface area contributed by atoms with Gasteiger partial charge in [0.15, 0.2) is 6.10 Å². The fourth-order valence-corrected chi connectivity index (χ4v) is 9.48. The first-order valence-corrected chi connectivity index (χ1v) is 25.4. The van der Waals surface area contributed by atoms with Gasteiger partial charge in [-0.25, -0.2) is 4.79 Å². The second kappa shape index (κ2) is 26.4. The van der Waals surface area contributed by atoms with Gasteiger partial charge in [0.05, 0.1) is 5.92 Å². The molecule has 0 aromatic carbocycles. The lowest BCUT2D eigenvalue weighted by Crippen LogP contribution is -2.61. The highest BCUT2D eigenvalue weighted by molar-refractivity contribution is 5.98. The third-order valence-electron chi connectivity index (χ3n) is 14.2. The van der Waals surface area contributed by atoms with Crippen molar-refractivity contribution in [1.29, 1.82) is 0 Å². The SMILES string of the molecule is CC[C@H](C)[C@H]1C(=O)O[C@H](C(C)C)C(=O)N(C)[C@@H](C)C(=O)N(C)[C@@H](CC(C)C)C(=O)N(C)[C@@H](C(C)C)C(=O)N2CCC[C@H]2C(=O)N[C@@H](C(C)C)C(=O)N[C@H](CC)[C@H](C)C(=O)N[C@@H](CC(C)C)C(=O)N1C. The Hall–Kier alpha value is -4.77. The van der Waals surface area contributed by atoms with Crippen LogP contribution in [-0.2, 0) is 47.9 Å². The van der Waals surface area contributed by atoms with Gasteiger partial charge in [0.25, 0.3) is 5.91 Å². The Morgan fingerprint density at radius 1 is 0.580 bits per heavy atom. The number of amides is 8. The molecule has 11 atom stereocenters. The smallest absolute Gasteiger partial charge is 0.329 e. The van der Waals surface area contributed by atoms with Crippen molar-refractivity contribution in [3.8, 4) is 0 Å². The predicted octanol–water partition coefficient (Wildman–Crippen LogP) is 3.84. The largest absolute Gasteiger partial charge is 0.450 e. The third kappa shape index (κ3) is 15.1. The summed E-state index contributed by atoms with van der Waals surface area (Å²) in [6.07, 6.45) is 0.740. The molecule has 0 unspecified atom stereocenters. The molecule has 0 saturated carbocycles. The van der Waals surface area contributed by atoms with E-state index in [9.17, 15) is 43.2 Å². The molecule has 3 N–H and O–H groups in total. The van der Waals surface area contributed by atoms with Crippen LogP contribution in [0.3, 0.4) is 0 Å². The normalized spacial score (nSPS) is 29.4. The van der Waals surface area contributed by atoms with E-state index in [1.54, 1.807) is 41.5 Å². The summed E-state index contributed by atoms with van der Waals surface area (Å²) in [5.74, 6) is -7.84. The fraction of sp³-hybridized carbons (Fsp3) is 0.824. The van der Waals surface area contributed by atoms with Crippen molar-refractivity contribution >= 4 is 53.2 Å². The Balaban J connectivity index is 2.85. The highest BCUT2D eigenvalue weighted by Crippen LogP contribution is 2.27. The average Bonchev–Trinajstić information content (AvgIpc) is 3.78. The zero-order valence-electron chi connectivity index (χ0n) is 45.5. The number of hydrogen-bond donors (Lipinski definition) is 3. The van der Waals surface area contributed by atoms with Gasteiger partial charge in [0, 0.05) is 40.8 Å². The maximum Gasteiger partial charge on any atom is 0.329 e. The quantitative estimate of drug-likeness (QED) is 0.269. The highest BCUT2D eigenvalue weighted by Gasteiger charge is 2.46. The molecule has 2 aliphatic heterocycles. The maximum absolute atomic E-state index is 14.7. The molecule has 2 heterocycles. The second-order valence-corrected chi connectivity index (χ2v) is 21.7. The number of nitrogens with one attached hydrogen (secondary N) is 3. The minimum atomic E-state index is -1.36. The number of fused-ring (bicyclic) bond motifs is 1. The highest BCUT2D eigenvalue weighted by atomic mass is 16.6. The number of carbonyl (C=O) groups excluding carboxylic acids is 9. The summed E-state index contributed by atoms with van der Waals surface area (Å²) in [6.45, 7) is 27.1. The summed E-state index contributed by atoms with van der Waals surface area (Å²) in [6, 6.07) is -8.09. The van der Waals surface area contributed by atoms with Crippen LogP contribution in [0.4, 0.5) is 0 Å². The molecule has 394 valence electrons. The topological polar surface area (TPSA) is 215 Å². The molecule has 0 spiro atoms. The van der Waals surface area contributed by atoms with Crippen molar-refractivity contribution in [2.24, 2.45) is 41.4 Å². The van der Waals surface area contributed by atoms with Crippen LogP contribution >= 0.6 is 0 Å². The van der Waals surface area contributed by atoms with Gasteiger partial charge in [-0.1, -0.05) is 103 Å². The first-order chi connectivity index (χ1) is 32.0. The molecule has 2 saturated heterocycles. The van der Waals surface area contributed by atoms with Crippen molar-refractivity contribution in [3.05, 3.63) is 0 Å². The Labute approximate surface area is 413 Å². The van der Waals surface area contributed by atoms with Crippen molar-refractivity contribution in [2.75, 3.05) is 34.7 Å². The molecule has 2 rings (SSSR count). The van der Waals surface area contributed by atoms with Crippen molar-refractivity contribution in [2.45, 2.75) is 197 Å². The van der Waals surface area contributed by atoms with Crippen LogP contribution in [0.2, 0.25) is 0 Å². The van der Waals surface area contributed by atoms with E-state index in [4.69, 9.17) is 4.74 Å². The minimum absolute atomic E-state index is 0.0627. The van der Waals surface area contributed by atoms with Gasteiger partial charge in [-0.05, 0) is 74.5 Å². The van der Waals surface area contributed by atoms with E-state index in [-0.39, 0.29) is 31.2 Å². The van der Waals surface area contributed by atoms with Crippen molar-refractivity contribution in [1.82, 2.24) is 40.4 Å². The zero-order chi connectivity index (χ0) is 53.1. The summed E-state index contributed by atoms with van der Waals surface area (Å²) in [4.78, 5) is 136. The van der Waals surface area contributed by atoms with E-state index >= 15 is 0 Å². The van der Waals surface area contributed by atoms with Crippen LogP contribution in [-0.4, -0.2) is 167 Å². The first-order valence-electron chi connectivity index (χ1n) is 25.4. The lowest BCUT2D eigenvalue weighted by Gasteiger charge is -2.40. The van der Waals surface area contributed by atoms with E-state index in [1.807, 2.05) is 55.4 Å². The van der Waals surface area contributed by atoms with Crippen LogP contribution in [0.1, 0.15) is 142 Å². The second-order valence-electron chi connectivity index (χ2n) is 21.7. The Kier molecular flexibility index (Phi) is 23.1. The molecule has 18 nitrogen and oxygen atoms in total. The lowest BCUT2D eigenvalue weighted by atomic mass is 9.94. The summed E-state index contributed by atoms with van der Waals surface area (Å²) in [5.41, 5.74) is 0. The molecule has 0 aromatic rings. The number of hydrogen-bond acceptors (Lipinski definition) is 10. The summed E-state index contributed by atoms with van der Waals surface area (Å²) >= 11 is 0. The number of nitrogens with zero attached hydrogens (tertiary/aromatic N) is 5. The minimum Gasteiger partial charge on any atom is -0.450 e. The third-order valence-corrected chi connectivity index (χ3v) is 14.2. The zero-order valence-corrected chi connectivity index (χ0v) is 45.5. The summed E-state index contributed by atoms with van der Waals surface area (Å²) in [5, 5.41) is 8.78. The summed E-state index contributed by atoms with van der Waals surface area (Å²) < 4.78 is 6.04. The van der Waals surface area contributed by atoms with Gasteiger partial charge in [-0.15, -0.1) is 0 Å². The van der Waals surface area contributed by atoms with Gasteiger partial charge >= 0.3 is 5.97 Å². The molecule has 0 bridgehead atoms. The van der Waals surface area contributed by atoms with Crippen LogP contribution in [0, 0.1) is 41.4 Å². The Bertz CT molecular complexity index is 1820. The number of esters is 1. The van der Waals surface area contributed by atoms with Crippen LogP contribution < -0.4 is 16.0 Å². The van der Waals surface area contributed by atoms with Crippen LogP contribution in [0.5, 0.6) is 0 Å². The van der Waals surface area contributed by atoms with Gasteiger partial charge < -0.3 is 45.2 Å².